The number of carbonyl (C=O) groups excluding carboxylic acids is 2. The summed E-state index contributed by atoms with van der Waals surface area (Å²) >= 11 is 0. The van der Waals surface area contributed by atoms with E-state index >= 15 is 0 Å². The van der Waals surface area contributed by atoms with Crippen molar-refractivity contribution in [2.24, 2.45) is 0 Å². The molecule has 0 fully saturated rings. The van der Waals surface area contributed by atoms with Crippen molar-refractivity contribution >= 4 is 22.7 Å². The van der Waals surface area contributed by atoms with Gasteiger partial charge in [0, 0.05) is 18.6 Å². The first kappa shape index (κ1) is 21.2. The number of carbonyl (C=O) groups is 2. The highest BCUT2D eigenvalue weighted by molar-refractivity contribution is 6.06. The number of nitrogens with one attached hydrogen (secondary N) is 2. The number of fused-ring (bicyclic) bond motifs is 1. The Hall–Kier alpha value is -4.08. The van der Waals surface area contributed by atoms with E-state index in [4.69, 9.17) is 4.42 Å². The van der Waals surface area contributed by atoms with E-state index in [9.17, 15) is 14.0 Å². The Morgan fingerprint density at radius 1 is 1.16 bits per heavy atom. The second-order valence-corrected chi connectivity index (χ2v) is 7.12. The van der Waals surface area contributed by atoms with E-state index < -0.39 is 6.04 Å². The van der Waals surface area contributed by atoms with Gasteiger partial charge in [0.25, 0.3) is 11.8 Å². The Labute approximate surface area is 182 Å². The maximum atomic E-state index is 13.3. The molecule has 0 spiro atoms. The molecular weight excluding hydrogens is 415 g/mol. The minimum absolute atomic E-state index is 0.180. The lowest BCUT2D eigenvalue weighted by Gasteiger charge is -2.14. The zero-order valence-corrected chi connectivity index (χ0v) is 17.7. The summed E-state index contributed by atoms with van der Waals surface area (Å²) in [7, 11) is 1.51. The van der Waals surface area contributed by atoms with Crippen molar-refractivity contribution in [1.82, 2.24) is 30.4 Å². The van der Waals surface area contributed by atoms with Gasteiger partial charge in [-0.3, -0.25) is 14.6 Å². The number of benzene rings is 1. The van der Waals surface area contributed by atoms with Crippen LogP contribution in [0.3, 0.4) is 0 Å². The van der Waals surface area contributed by atoms with Crippen LogP contribution in [0.5, 0.6) is 0 Å². The predicted molar refractivity (Wildman–Crippen MR) is 114 cm³/mol. The lowest BCUT2D eigenvalue weighted by molar-refractivity contribution is 0.0928. The summed E-state index contributed by atoms with van der Waals surface area (Å²) in [5.74, 6) is -0.474. The van der Waals surface area contributed by atoms with Gasteiger partial charge in [-0.2, -0.15) is 5.10 Å². The highest BCUT2D eigenvalue weighted by Gasteiger charge is 2.24. The van der Waals surface area contributed by atoms with Crippen LogP contribution in [0.4, 0.5) is 4.39 Å². The van der Waals surface area contributed by atoms with E-state index in [1.165, 1.54) is 25.4 Å². The fourth-order valence-corrected chi connectivity index (χ4v) is 3.38. The third-order valence-corrected chi connectivity index (χ3v) is 5.08. The molecular formula is C22H21FN6O3. The van der Waals surface area contributed by atoms with Crippen LogP contribution in [0.15, 0.2) is 47.3 Å². The molecule has 0 aliphatic carbocycles. The van der Waals surface area contributed by atoms with E-state index in [-0.39, 0.29) is 29.2 Å². The summed E-state index contributed by atoms with van der Waals surface area (Å²) in [6, 6.07) is 5.32. The van der Waals surface area contributed by atoms with Crippen molar-refractivity contribution in [2.45, 2.75) is 26.3 Å². The van der Waals surface area contributed by atoms with Crippen molar-refractivity contribution < 1.29 is 18.4 Å². The van der Waals surface area contributed by atoms with Gasteiger partial charge in [0.2, 0.25) is 5.89 Å². The Kier molecular flexibility index (Phi) is 5.67. The molecule has 2 amide bonds. The average Bonchev–Trinajstić information content (AvgIpc) is 3.41. The molecule has 0 aliphatic heterocycles. The van der Waals surface area contributed by atoms with Crippen LogP contribution in [0, 0.1) is 12.7 Å². The minimum atomic E-state index is -0.540. The first-order valence-corrected chi connectivity index (χ1v) is 10.0. The Balaban J connectivity index is 1.64. The Morgan fingerprint density at radius 2 is 1.91 bits per heavy atom. The molecule has 1 atom stereocenters. The van der Waals surface area contributed by atoms with Crippen molar-refractivity contribution in [3.8, 4) is 5.69 Å². The first-order valence-electron chi connectivity index (χ1n) is 10.0. The molecule has 1 aromatic carbocycles. The average molecular weight is 436 g/mol. The molecule has 4 rings (SSSR count). The Bertz CT molecular complexity index is 1290. The maximum absolute atomic E-state index is 13.3. The molecule has 0 bridgehead atoms. The van der Waals surface area contributed by atoms with E-state index in [0.717, 1.165) is 0 Å². The zero-order chi connectivity index (χ0) is 22.8. The summed E-state index contributed by atoms with van der Waals surface area (Å²) in [5.41, 5.74) is 1.75. The molecule has 0 saturated carbocycles. The van der Waals surface area contributed by atoms with E-state index in [0.29, 0.717) is 34.3 Å². The van der Waals surface area contributed by atoms with Crippen LogP contribution in [0.25, 0.3) is 16.6 Å². The molecule has 0 radical (unpaired) electrons. The summed E-state index contributed by atoms with van der Waals surface area (Å²) in [6.45, 7) is 3.51. The minimum Gasteiger partial charge on any atom is -0.443 e. The number of nitrogens with zero attached hydrogens (tertiary/aromatic N) is 4. The highest BCUT2D eigenvalue weighted by atomic mass is 19.1. The highest BCUT2D eigenvalue weighted by Crippen LogP contribution is 2.24. The quantitative estimate of drug-likeness (QED) is 0.480. The molecule has 1 unspecified atom stereocenters. The molecule has 0 saturated heterocycles. The number of aromatic nitrogens is 4. The monoisotopic (exact) mass is 436 g/mol. The van der Waals surface area contributed by atoms with Crippen LogP contribution in [-0.2, 0) is 0 Å². The smallest absolute Gasteiger partial charge is 0.273 e. The summed E-state index contributed by atoms with van der Waals surface area (Å²) < 4.78 is 20.5. The number of hydrogen-bond donors (Lipinski definition) is 2. The molecule has 10 heteroatoms. The largest absolute Gasteiger partial charge is 0.443 e. The number of hydrogen-bond acceptors (Lipinski definition) is 6. The number of rotatable bonds is 6. The van der Waals surface area contributed by atoms with E-state index in [1.54, 1.807) is 36.1 Å². The molecule has 3 aromatic heterocycles. The molecule has 4 aromatic rings. The fraction of sp³-hybridized carbons (Fsp3) is 0.227. The maximum Gasteiger partial charge on any atom is 0.273 e. The molecule has 164 valence electrons. The van der Waals surface area contributed by atoms with Crippen molar-refractivity contribution in [3.05, 3.63) is 71.6 Å². The Morgan fingerprint density at radius 3 is 2.59 bits per heavy atom. The van der Waals surface area contributed by atoms with Gasteiger partial charge < -0.3 is 15.1 Å². The third kappa shape index (κ3) is 3.82. The molecule has 2 N–H and O–H groups in total. The molecule has 32 heavy (non-hydrogen) atoms. The van der Waals surface area contributed by atoms with Gasteiger partial charge in [0.05, 0.1) is 29.2 Å². The van der Waals surface area contributed by atoms with Gasteiger partial charge in [-0.05, 0) is 37.6 Å². The molecule has 3 heterocycles. The third-order valence-electron chi connectivity index (χ3n) is 5.08. The van der Waals surface area contributed by atoms with Gasteiger partial charge >= 0.3 is 0 Å². The topological polar surface area (TPSA) is 115 Å². The van der Waals surface area contributed by atoms with Crippen LogP contribution in [-0.4, -0.2) is 38.6 Å². The number of halogens is 1. The van der Waals surface area contributed by atoms with E-state index in [2.05, 4.69) is 25.7 Å². The number of amides is 2. The zero-order valence-electron chi connectivity index (χ0n) is 17.7. The lowest BCUT2D eigenvalue weighted by atomic mass is 10.1. The summed E-state index contributed by atoms with van der Waals surface area (Å²) in [4.78, 5) is 33.5. The van der Waals surface area contributed by atoms with Gasteiger partial charge in [-0.1, -0.05) is 6.92 Å². The SMILES string of the molecule is CCC(NC(=O)c1cncc2c1cnn2-c1ccc(F)cc1)c1nc(C(=O)NC)c(C)o1. The van der Waals surface area contributed by atoms with Crippen LogP contribution in [0.2, 0.25) is 0 Å². The first-order chi connectivity index (χ1) is 15.4. The van der Waals surface area contributed by atoms with Gasteiger partial charge in [0.1, 0.15) is 17.6 Å². The second-order valence-electron chi connectivity index (χ2n) is 7.12. The van der Waals surface area contributed by atoms with Crippen LogP contribution in [0.1, 0.15) is 51.9 Å². The number of pyridine rings is 1. The predicted octanol–water partition coefficient (Wildman–Crippen LogP) is 3.10. The van der Waals surface area contributed by atoms with Gasteiger partial charge in [0.15, 0.2) is 5.69 Å². The normalized spacial score (nSPS) is 12.0. The standard InChI is InChI=1S/C22H21FN6O3/c1-4-17(22-28-19(12(2)32-22)21(31)24-3)27-20(30)16-9-25-11-18-15(16)10-26-29(18)14-7-5-13(23)6-8-14/h5-11,17H,4H2,1-3H3,(H,24,31)(H,27,30). The van der Waals surface area contributed by atoms with Crippen molar-refractivity contribution in [3.63, 3.8) is 0 Å². The molecule has 9 nitrogen and oxygen atoms in total. The number of oxazole rings is 1. The summed E-state index contributed by atoms with van der Waals surface area (Å²) in [5, 5.41) is 10.3. The molecule has 0 aliphatic rings. The van der Waals surface area contributed by atoms with Crippen molar-refractivity contribution in [1.29, 1.82) is 0 Å². The fourth-order valence-electron chi connectivity index (χ4n) is 3.38. The van der Waals surface area contributed by atoms with Gasteiger partial charge in [-0.15, -0.1) is 0 Å². The lowest BCUT2D eigenvalue weighted by Crippen LogP contribution is -2.29. The second kappa shape index (κ2) is 8.58. The summed E-state index contributed by atoms with van der Waals surface area (Å²) in [6.07, 6.45) is 5.11. The number of aryl methyl sites for hydroxylation is 1. The van der Waals surface area contributed by atoms with Crippen LogP contribution >= 0.6 is 0 Å². The van der Waals surface area contributed by atoms with E-state index in [1.807, 2.05) is 6.92 Å². The van der Waals surface area contributed by atoms with Gasteiger partial charge in [-0.25, -0.2) is 14.1 Å². The van der Waals surface area contributed by atoms with Crippen molar-refractivity contribution in [2.75, 3.05) is 7.05 Å². The van der Waals surface area contributed by atoms with Crippen LogP contribution < -0.4 is 10.6 Å².